The highest BCUT2D eigenvalue weighted by Gasteiger charge is 2.46. The van der Waals surface area contributed by atoms with Crippen LogP contribution in [0.15, 0.2) is 81.8 Å². The van der Waals surface area contributed by atoms with Gasteiger partial charge in [-0.3, -0.25) is 14.5 Å². The molecule has 5 rings (SSSR count). The summed E-state index contributed by atoms with van der Waals surface area (Å²) in [4.78, 5) is 28.4. The number of aliphatic hydroxyl groups is 1. The number of Topliss-reactive ketones (excluding diaryl/α,β-unsaturated/α-hetero) is 1. The van der Waals surface area contributed by atoms with E-state index >= 15 is 0 Å². The molecule has 0 aliphatic carbocycles. The Balaban J connectivity index is 1.63. The number of aryl methyl sites for hydroxylation is 1. The van der Waals surface area contributed by atoms with Crippen LogP contribution in [0.4, 0.5) is 18.9 Å². The number of thiophene rings is 1. The molecule has 2 aromatic carbocycles. The first kappa shape index (κ1) is 22.0. The molecule has 3 heterocycles. The van der Waals surface area contributed by atoms with Gasteiger partial charge >= 0.3 is 6.18 Å². The number of carbonyl (C=O) groups excluding carboxylic acids is 2. The number of nitrogens with zero attached hydrogens (tertiary/aromatic N) is 1. The van der Waals surface area contributed by atoms with E-state index in [0.717, 1.165) is 34.7 Å². The van der Waals surface area contributed by atoms with Crippen LogP contribution in [0.2, 0.25) is 0 Å². The lowest BCUT2D eigenvalue weighted by molar-refractivity contribution is -0.137. The van der Waals surface area contributed by atoms with Crippen molar-refractivity contribution in [2.24, 2.45) is 0 Å². The number of benzene rings is 2. The number of aliphatic hydroxyl groups excluding tert-OH is 1. The van der Waals surface area contributed by atoms with Gasteiger partial charge in [0.2, 0.25) is 5.78 Å². The number of amides is 1. The molecule has 1 amide bonds. The number of hydrogen-bond donors (Lipinski definition) is 1. The molecule has 34 heavy (non-hydrogen) atoms. The minimum absolute atomic E-state index is 0.0518. The molecular weight excluding hydrogens is 467 g/mol. The maximum Gasteiger partial charge on any atom is 0.416 e. The van der Waals surface area contributed by atoms with Gasteiger partial charge < -0.3 is 9.52 Å². The highest BCUT2D eigenvalue weighted by molar-refractivity contribution is 7.10. The van der Waals surface area contributed by atoms with Gasteiger partial charge in [0, 0.05) is 16.0 Å². The van der Waals surface area contributed by atoms with Crippen molar-refractivity contribution in [2.75, 3.05) is 4.90 Å². The van der Waals surface area contributed by atoms with Gasteiger partial charge in [-0.15, -0.1) is 11.3 Å². The van der Waals surface area contributed by atoms with E-state index in [-0.39, 0.29) is 17.0 Å². The van der Waals surface area contributed by atoms with Crippen LogP contribution in [-0.2, 0) is 11.0 Å². The number of ketones is 1. The molecule has 1 unspecified atom stereocenters. The summed E-state index contributed by atoms with van der Waals surface area (Å²) in [6.07, 6.45) is -4.54. The van der Waals surface area contributed by atoms with Gasteiger partial charge in [0.05, 0.1) is 11.1 Å². The number of carbonyl (C=O) groups is 2. The van der Waals surface area contributed by atoms with Gasteiger partial charge in [0.15, 0.2) is 11.5 Å². The van der Waals surface area contributed by atoms with E-state index in [9.17, 15) is 27.9 Å². The topological polar surface area (TPSA) is 70.7 Å². The van der Waals surface area contributed by atoms with Crippen LogP contribution in [0.5, 0.6) is 0 Å². The van der Waals surface area contributed by atoms with Crippen LogP contribution < -0.4 is 4.90 Å². The van der Waals surface area contributed by atoms with Gasteiger partial charge in [-0.1, -0.05) is 18.2 Å². The number of hydrogen-bond acceptors (Lipinski definition) is 5. The van der Waals surface area contributed by atoms with E-state index in [1.54, 1.807) is 42.6 Å². The minimum atomic E-state index is -4.54. The predicted molar refractivity (Wildman–Crippen MR) is 121 cm³/mol. The number of fused-ring (bicyclic) bond motifs is 1. The summed E-state index contributed by atoms with van der Waals surface area (Å²) in [6.45, 7) is 1.79. The predicted octanol–water partition coefficient (Wildman–Crippen LogP) is 6.60. The smallest absolute Gasteiger partial charge is 0.416 e. The maximum absolute atomic E-state index is 13.5. The van der Waals surface area contributed by atoms with Crippen molar-refractivity contribution >= 4 is 39.7 Å². The molecule has 1 aliphatic rings. The van der Waals surface area contributed by atoms with E-state index in [2.05, 4.69) is 0 Å². The number of furan rings is 1. The zero-order chi connectivity index (χ0) is 24.2. The van der Waals surface area contributed by atoms with Crippen molar-refractivity contribution in [3.63, 3.8) is 0 Å². The minimum Gasteiger partial charge on any atom is -0.503 e. The number of halogens is 3. The van der Waals surface area contributed by atoms with Crippen molar-refractivity contribution in [1.82, 2.24) is 0 Å². The quantitative estimate of drug-likeness (QED) is 0.332. The molecule has 172 valence electrons. The van der Waals surface area contributed by atoms with Crippen LogP contribution in [0, 0.1) is 6.92 Å². The van der Waals surface area contributed by atoms with Crippen LogP contribution >= 0.6 is 11.3 Å². The Morgan fingerprint density at radius 3 is 2.41 bits per heavy atom. The van der Waals surface area contributed by atoms with Crippen molar-refractivity contribution in [3.8, 4) is 0 Å². The van der Waals surface area contributed by atoms with E-state index in [1.165, 1.54) is 17.4 Å². The average molecular weight is 483 g/mol. The zero-order valence-corrected chi connectivity index (χ0v) is 18.4. The molecule has 0 bridgehead atoms. The van der Waals surface area contributed by atoms with E-state index in [4.69, 9.17) is 4.42 Å². The number of para-hydroxylation sites is 1. The molecule has 0 fully saturated rings. The molecule has 4 aromatic rings. The lowest BCUT2D eigenvalue weighted by Gasteiger charge is -2.26. The number of alkyl halides is 3. The van der Waals surface area contributed by atoms with Gasteiger partial charge in [-0.25, -0.2) is 0 Å². The highest BCUT2D eigenvalue weighted by Crippen LogP contribution is 2.45. The van der Waals surface area contributed by atoms with Crippen molar-refractivity contribution in [2.45, 2.75) is 19.1 Å². The van der Waals surface area contributed by atoms with Gasteiger partial charge in [-0.05, 0) is 60.3 Å². The summed E-state index contributed by atoms with van der Waals surface area (Å²) in [5.74, 6) is -2.36. The monoisotopic (exact) mass is 483 g/mol. The molecule has 1 N–H and O–H groups in total. The zero-order valence-electron chi connectivity index (χ0n) is 17.6. The molecule has 2 aromatic heterocycles. The molecule has 9 heteroatoms. The first-order chi connectivity index (χ1) is 16.2. The summed E-state index contributed by atoms with van der Waals surface area (Å²) >= 11 is 1.28. The second-order valence-corrected chi connectivity index (χ2v) is 8.78. The van der Waals surface area contributed by atoms with Crippen molar-refractivity contribution in [1.29, 1.82) is 0 Å². The summed E-state index contributed by atoms with van der Waals surface area (Å²) in [7, 11) is 0. The molecule has 0 saturated carbocycles. The Kier molecular flexibility index (Phi) is 5.09. The second kappa shape index (κ2) is 7.88. The first-order valence-corrected chi connectivity index (χ1v) is 11.1. The van der Waals surface area contributed by atoms with Crippen LogP contribution in [0.3, 0.4) is 0 Å². The lowest BCUT2D eigenvalue weighted by atomic mass is 9.98. The standard InChI is InChI=1S/C25H16F3NO4S/c1-13-10-11-34-23(13)20-19(21(30)18-12-14-4-2-3-5-17(14)33-18)22(31)24(32)29(20)16-8-6-15(7-9-16)25(26,27)28/h2-12,20,31H,1H3. The Bertz CT molecular complexity index is 1430. The third-order valence-electron chi connectivity index (χ3n) is 5.72. The summed E-state index contributed by atoms with van der Waals surface area (Å²) in [6, 6.07) is 13.3. The Hall–Kier alpha value is -3.85. The Morgan fingerprint density at radius 1 is 1.09 bits per heavy atom. The normalized spacial score (nSPS) is 16.6. The fourth-order valence-electron chi connectivity index (χ4n) is 4.05. The molecule has 5 nitrogen and oxygen atoms in total. The Morgan fingerprint density at radius 2 is 1.79 bits per heavy atom. The summed E-state index contributed by atoms with van der Waals surface area (Å²) in [5.41, 5.74) is 0.301. The van der Waals surface area contributed by atoms with Crippen molar-refractivity contribution < 1.29 is 32.3 Å². The third kappa shape index (κ3) is 3.49. The second-order valence-electron chi connectivity index (χ2n) is 7.83. The van der Waals surface area contributed by atoms with Crippen LogP contribution in [0.1, 0.15) is 32.6 Å². The van der Waals surface area contributed by atoms with Gasteiger partial charge in [0.25, 0.3) is 5.91 Å². The molecular formula is C25H16F3NO4S. The average Bonchev–Trinajstić information content (AvgIpc) is 3.49. The summed E-state index contributed by atoms with van der Waals surface area (Å²) < 4.78 is 44.8. The van der Waals surface area contributed by atoms with E-state index in [1.807, 2.05) is 0 Å². The summed E-state index contributed by atoms with van der Waals surface area (Å²) in [5, 5.41) is 13.2. The lowest BCUT2D eigenvalue weighted by Crippen LogP contribution is -2.31. The van der Waals surface area contributed by atoms with Crippen LogP contribution in [-0.4, -0.2) is 16.8 Å². The molecule has 1 atom stereocenters. The fraction of sp³-hybridized carbons (Fsp3) is 0.120. The maximum atomic E-state index is 13.5. The molecule has 0 spiro atoms. The van der Waals surface area contributed by atoms with E-state index in [0.29, 0.717) is 15.8 Å². The molecule has 0 saturated heterocycles. The Labute approximate surface area is 195 Å². The SMILES string of the molecule is Cc1ccsc1C1C(C(=O)c2cc3ccccc3o2)=C(O)C(=O)N1c1ccc(C(F)(F)F)cc1. The van der Waals surface area contributed by atoms with Crippen LogP contribution in [0.25, 0.3) is 11.0 Å². The number of rotatable bonds is 4. The van der Waals surface area contributed by atoms with Gasteiger partial charge in [-0.2, -0.15) is 13.2 Å². The number of anilines is 1. The largest absolute Gasteiger partial charge is 0.503 e. The first-order valence-electron chi connectivity index (χ1n) is 10.2. The highest BCUT2D eigenvalue weighted by atomic mass is 32.1. The fourth-order valence-corrected chi connectivity index (χ4v) is 5.08. The van der Waals surface area contributed by atoms with Gasteiger partial charge in [0.1, 0.15) is 11.6 Å². The van der Waals surface area contributed by atoms with Crippen molar-refractivity contribution in [3.05, 3.63) is 99.1 Å². The molecule has 1 aliphatic heterocycles. The van der Waals surface area contributed by atoms with E-state index < -0.39 is 35.2 Å². The molecule has 0 radical (unpaired) electrons. The third-order valence-corrected chi connectivity index (χ3v) is 6.80.